The molecule has 0 aliphatic rings. The van der Waals surface area contributed by atoms with Gasteiger partial charge in [0, 0.05) is 10.0 Å². The standard InChI is InChI=1S/C15H15BrN4O/c16-14-7-2-1-5-12(14)10-21-13-6-3-4-11(8-13)9-19-20-15(17)18/h1-9H,10H2,(H4,17,18,20). The lowest BCUT2D eigenvalue weighted by Gasteiger charge is -2.08. The van der Waals surface area contributed by atoms with Gasteiger partial charge in [0.2, 0.25) is 5.96 Å². The van der Waals surface area contributed by atoms with Crippen LogP contribution in [0.4, 0.5) is 0 Å². The van der Waals surface area contributed by atoms with Gasteiger partial charge in [0.1, 0.15) is 12.4 Å². The second kappa shape index (κ2) is 7.44. The number of guanidine groups is 1. The normalized spacial score (nSPS) is 10.5. The molecular formula is C15H15BrN4O. The summed E-state index contributed by atoms with van der Waals surface area (Å²) in [6.07, 6.45) is 1.56. The van der Waals surface area contributed by atoms with Crippen LogP contribution in [0.1, 0.15) is 11.1 Å². The van der Waals surface area contributed by atoms with Gasteiger partial charge in [-0.25, -0.2) is 0 Å². The van der Waals surface area contributed by atoms with Crippen LogP contribution in [0.3, 0.4) is 0 Å². The maximum atomic E-state index is 5.76. The van der Waals surface area contributed by atoms with Crippen LogP contribution in [-0.2, 0) is 6.61 Å². The van der Waals surface area contributed by atoms with E-state index in [4.69, 9.17) is 16.2 Å². The zero-order chi connectivity index (χ0) is 15.1. The molecule has 0 bridgehead atoms. The van der Waals surface area contributed by atoms with Crippen molar-refractivity contribution < 1.29 is 4.74 Å². The van der Waals surface area contributed by atoms with E-state index in [-0.39, 0.29) is 5.96 Å². The van der Waals surface area contributed by atoms with Crippen LogP contribution in [0.15, 0.2) is 63.2 Å². The second-order valence-electron chi connectivity index (χ2n) is 4.22. The number of rotatable bonds is 5. The molecule has 0 aliphatic carbocycles. The molecule has 0 spiro atoms. The van der Waals surface area contributed by atoms with E-state index in [1.165, 1.54) is 0 Å². The average Bonchev–Trinajstić information content (AvgIpc) is 2.46. The molecule has 2 aromatic rings. The summed E-state index contributed by atoms with van der Waals surface area (Å²) in [5.41, 5.74) is 12.3. The van der Waals surface area contributed by atoms with Gasteiger partial charge in [0.05, 0.1) is 6.21 Å². The molecule has 0 unspecified atom stereocenters. The monoisotopic (exact) mass is 346 g/mol. The number of hydrogen-bond donors (Lipinski definition) is 2. The van der Waals surface area contributed by atoms with Crippen molar-refractivity contribution in [3.8, 4) is 5.75 Å². The van der Waals surface area contributed by atoms with Crippen molar-refractivity contribution in [2.75, 3.05) is 0 Å². The number of nitrogens with zero attached hydrogens (tertiary/aromatic N) is 2. The third-order valence-electron chi connectivity index (χ3n) is 2.59. The predicted octanol–water partition coefficient (Wildman–Crippen LogP) is 2.64. The molecule has 0 fully saturated rings. The first kappa shape index (κ1) is 15.1. The largest absolute Gasteiger partial charge is 0.489 e. The first-order valence-corrected chi connectivity index (χ1v) is 7.02. The summed E-state index contributed by atoms with van der Waals surface area (Å²) >= 11 is 3.49. The smallest absolute Gasteiger partial charge is 0.211 e. The second-order valence-corrected chi connectivity index (χ2v) is 5.08. The Kier molecular flexibility index (Phi) is 5.34. The minimum absolute atomic E-state index is 0.0763. The highest BCUT2D eigenvalue weighted by Crippen LogP contribution is 2.19. The van der Waals surface area contributed by atoms with Crippen molar-refractivity contribution in [2.24, 2.45) is 21.7 Å². The van der Waals surface area contributed by atoms with Crippen molar-refractivity contribution in [1.29, 1.82) is 0 Å². The molecule has 0 saturated carbocycles. The maximum Gasteiger partial charge on any atom is 0.211 e. The Balaban J connectivity index is 2.03. The highest BCUT2D eigenvalue weighted by atomic mass is 79.9. The van der Waals surface area contributed by atoms with Gasteiger partial charge < -0.3 is 16.2 Å². The molecule has 6 heteroatoms. The van der Waals surface area contributed by atoms with Crippen molar-refractivity contribution in [2.45, 2.75) is 6.61 Å². The van der Waals surface area contributed by atoms with Crippen molar-refractivity contribution in [1.82, 2.24) is 0 Å². The molecule has 0 heterocycles. The first-order valence-electron chi connectivity index (χ1n) is 6.23. The van der Waals surface area contributed by atoms with E-state index < -0.39 is 0 Å². The Morgan fingerprint density at radius 3 is 2.71 bits per heavy atom. The SMILES string of the molecule is NC(N)=NN=Cc1cccc(OCc2ccccc2Br)c1. The number of benzene rings is 2. The summed E-state index contributed by atoms with van der Waals surface area (Å²) < 4.78 is 6.79. The van der Waals surface area contributed by atoms with Gasteiger partial charge >= 0.3 is 0 Å². The number of ether oxygens (including phenoxy) is 1. The van der Waals surface area contributed by atoms with Gasteiger partial charge in [-0.2, -0.15) is 5.10 Å². The minimum Gasteiger partial charge on any atom is -0.489 e. The summed E-state index contributed by atoms with van der Waals surface area (Å²) in [6.45, 7) is 0.482. The molecule has 0 radical (unpaired) electrons. The molecule has 0 aromatic heterocycles. The third kappa shape index (κ3) is 4.92. The topological polar surface area (TPSA) is 86.0 Å². The Morgan fingerprint density at radius 1 is 1.14 bits per heavy atom. The van der Waals surface area contributed by atoms with Crippen LogP contribution in [0, 0.1) is 0 Å². The van der Waals surface area contributed by atoms with Crippen LogP contribution < -0.4 is 16.2 Å². The summed E-state index contributed by atoms with van der Waals surface area (Å²) in [7, 11) is 0. The molecule has 0 amide bonds. The predicted molar refractivity (Wildman–Crippen MR) is 88.3 cm³/mol. The molecule has 4 N–H and O–H groups in total. The van der Waals surface area contributed by atoms with Crippen LogP contribution in [-0.4, -0.2) is 12.2 Å². The van der Waals surface area contributed by atoms with Gasteiger partial charge in [-0.15, -0.1) is 5.10 Å². The summed E-state index contributed by atoms with van der Waals surface area (Å²) in [4.78, 5) is 0. The zero-order valence-corrected chi connectivity index (χ0v) is 12.8. The van der Waals surface area contributed by atoms with Crippen molar-refractivity contribution in [3.63, 3.8) is 0 Å². The van der Waals surface area contributed by atoms with Gasteiger partial charge in [0.15, 0.2) is 0 Å². The van der Waals surface area contributed by atoms with Crippen LogP contribution in [0.25, 0.3) is 0 Å². The maximum absolute atomic E-state index is 5.76. The average molecular weight is 347 g/mol. The van der Waals surface area contributed by atoms with E-state index in [1.807, 2.05) is 48.5 Å². The molecular weight excluding hydrogens is 332 g/mol. The van der Waals surface area contributed by atoms with Crippen molar-refractivity contribution >= 4 is 28.1 Å². The van der Waals surface area contributed by atoms with E-state index in [9.17, 15) is 0 Å². The lowest BCUT2D eigenvalue weighted by atomic mass is 10.2. The van der Waals surface area contributed by atoms with Crippen LogP contribution >= 0.6 is 15.9 Å². The van der Waals surface area contributed by atoms with Crippen LogP contribution in [0.2, 0.25) is 0 Å². The Bertz CT molecular complexity index is 666. The van der Waals surface area contributed by atoms with Gasteiger partial charge in [-0.3, -0.25) is 0 Å². The minimum atomic E-state index is -0.0763. The van der Waals surface area contributed by atoms with Crippen LogP contribution in [0.5, 0.6) is 5.75 Å². The molecule has 0 aliphatic heterocycles. The zero-order valence-electron chi connectivity index (χ0n) is 11.2. The Morgan fingerprint density at radius 2 is 1.95 bits per heavy atom. The molecule has 5 nitrogen and oxygen atoms in total. The molecule has 0 saturated heterocycles. The fourth-order valence-corrected chi connectivity index (χ4v) is 2.02. The van der Waals surface area contributed by atoms with E-state index in [0.29, 0.717) is 6.61 Å². The van der Waals surface area contributed by atoms with Gasteiger partial charge in [0.25, 0.3) is 0 Å². The fourth-order valence-electron chi connectivity index (χ4n) is 1.62. The lowest BCUT2D eigenvalue weighted by molar-refractivity contribution is 0.305. The Hall–Kier alpha value is -2.34. The van der Waals surface area contributed by atoms with Crippen molar-refractivity contribution in [3.05, 3.63) is 64.1 Å². The van der Waals surface area contributed by atoms with E-state index in [1.54, 1.807) is 6.21 Å². The van der Waals surface area contributed by atoms with E-state index in [0.717, 1.165) is 21.3 Å². The highest BCUT2D eigenvalue weighted by Gasteiger charge is 2.00. The van der Waals surface area contributed by atoms with E-state index in [2.05, 4.69) is 26.1 Å². The highest BCUT2D eigenvalue weighted by molar-refractivity contribution is 9.10. The summed E-state index contributed by atoms with van der Waals surface area (Å²) in [5, 5.41) is 7.31. The summed E-state index contributed by atoms with van der Waals surface area (Å²) in [5.74, 6) is 0.673. The molecule has 2 aromatic carbocycles. The quantitative estimate of drug-likeness (QED) is 0.495. The first-order chi connectivity index (χ1) is 10.1. The molecule has 2 rings (SSSR count). The van der Waals surface area contributed by atoms with Gasteiger partial charge in [-0.1, -0.05) is 46.3 Å². The molecule has 108 valence electrons. The summed E-state index contributed by atoms with van der Waals surface area (Å²) in [6, 6.07) is 15.4. The number of nitrogens with two attached hydrogens (primary N) is 2. The lowest BCUT2D eigenvalue weighted by Crippen LogP contribution is -2.21. The fraction of sp³-hybridized carbons (Fsp3) is 0.0667. The number of hydrogen-bond acceptors (Lipinski definition) is 3. The number of halogens is 1. The molecule has 21 heavy (non-hydrogen) atoms. The Labute approximate surface area is 131 Å². The third-order valence-corrected chi connectivity index (χ3v) is 3.36. The van der Waals surface area contributed by atoms with E-state index >= 15 is 0 Å². The van der Waals surface area contributed by atoms with Gasteiger partial charge in [-0.05, 0) is 23.8 Å². The molecule has 0 atom stereocenters.